The number of benzene rings is 1. The Labute approximate surface area is 168 Å². The van der Waals surface area contributed by atoms with Crippen molar-refractivity contribution in [3.63, 3.8) is 0 Å². The molecule has 0 unspecified atom stereocenters. The smallest absolute Gasteiger partial charge is 0.332 e. The molecule has 0 heterocycles. The van der Waals surface area contributed by atoms with Gasteiger partial charge >= 0.3 is 11.9 Å². The predicted octanol–water partition coefficient (Wildman–Crippen LogP) is 3.85. The van der Waals surface area contributed by atoms with Gasteiger partial charge in [-0.3, -0.25) is 4.79 Å². The van der Waals surface area contributed by atoms with Gasteiger partial charge in [0.05, 0.1) is 13.7 Å². The number of ether oxygens (including phenoxy) is 2. The predicted molar refractivity (Wildman–Crippen MR) is 114 cm³/mol. The van der Waals surface area contributed by atoms with Crippen LogP contribution in [0.25, 0.3) is 6.08 Å². The van der Waals surface area contributed by atoms with Crippen molar-refractivity contribution in [1.29, 1.82) is 0 Å². The molecule has 0 aliphatic carbocycles. The topological polar surface area (TPSA) is 95.7 Å². The lowest BCUT2D eigenvalue weighted by Gasteiger charge is -1.91. The largest absolute Gasteiger partial charge is 0.466 e. The Bertz CT molecular complexity index is 634. The van der Waals surface area contributed by atoms with Crippen LogP contribution in [0.15, 0.2) is 73.9 Å². The second kappa shape index (κ2) is 19.9. The molecule has 0 fully saturated rings. The average molecular weight is 389 g/mol. The standard InChI is InChI=1S/C8H8.2C5H8O2.C4H7NO/c1-2-8-6-4-3-5-7-8;1-4(2)5(6)7-3;1-3-5(6)7-4-2;1-3(2)4(5)6/h2-7H,1H2;1H2,2-3H3;3H,1,4H2,2H3;1H2,2H3,(H2,5,6). The van der Waals surface area contributed by atoms with Gasteiger partial charge in [-0.25, -0.2) is 9.59 Å². The normalized spacial score (nSPS) is 7.86. The Hall–Kier alpha value is -3.41. The summed E-state index contributed by atoms with van der Waals surface area (Å²) < 4.78 is 8.71. The summed E-state index contributed by atoms with van der Waals surface area (Å²) >= 11 is 0. The summed E-state index contributed by atoms with van der Waals surface area (Å²) in [5.74, 6) is -1.14. The summed E-state index contributed by atoms with van der Waals surface area (Å²) in [6.07, 6.45) is 2.98. The molecule has 1 rings (SSSR count). The van der Waals surface area contributed by atoms with Crippen molar-refractivity contribution in [2.24, 2.45) is 5.73 Å². The molecular weight excluding hydrogens is 358 g/mol. The van der Waals surface area contributed by atoms with Crippen LogP contribution in [-0.4, -0.2) is 31.6 Å². The molecule has 1 amide bonds. The number of amides is 1. The van der Waals surface area contributed by atoms with E-state index in [1.807, 2.05) is 36.4 Å². The number of nitrogens with two attached hydrogens (primary N) is 1. The third-order valence-corrected chi connectivity index (χ3v) is 2.44. The molecule has 0 atom stereocenters. The molecule has 0 aliphatic rings. The summed E-state index contributed by atoms with van der Waals surface area (Å²) in [5.41, 5.74) is 6.70. The summed E-state index contributed by atoms with van der Waals surface area (Å²) in [6, 6.07) is 10.0. The van der Waals surface area contributed by atoms with Crippen molar-refractivity contribution < 1.29 is 23.9 Å². The molecule has 28 heavy (non-hydrogen) atoms. The van der Waals surface area contributed by atoms with Crippen molar-refractivity contribution in [3.8, 4) is 0 Å². The second-order valence-corrected chi connectivity index (χ2v) is 4.99. The number of rotatable bonds is 5. The zero-order valence-corrected chi connectivity index (χ0v) is 17.2. The SMILES string of the molecule is C=C(C)C(=O)OC.C=C(C)C(N)=O.C=CC(=O)OCC.C=Cc1ccccc1. The highest BCUT2D eigenvalue weighted by Gasteiger charge is 1.95. The molecule has 6 heteroatoms. The number of primary amides is 1. The minimum Gasteiger partial charge on any atom is -0.466 e. The zero-order chi connectivity index (χ0) is 22.5. The van der Waals surface area contributed by atoms with Gasteiger partial charge in [-0.05, 0) is 26.3 Å². The highest BCUT2D eigenvalue weighted by molar-refractivity contribution is 5.90. The van der Waals surface area contributed by atoms with Crippen molar-refractivity contribution in [2.75, 3.05) is 13.7 Å². The summed E-state index contributed by atoms with van der Waals surface area (Å²) in [7, 11) is 1.33. The van der Waals surface area contributed by atoms with Gasteiger partial charge in [0.2, 0.25) is 5.91 Å². The quantitative estimate of drug-likeness (QED) is 0.609. The van der Waals surface area contributed by atoms with Crippen LogP contribution in [0.4, 0.5) is 0 Å². The summed E-state index contributed by atoms with van der Waals surface area (Å²) in [6.45, 7) is 18.8. The van der Waals surface area contributed by atoms with Gasteiger partial charge in [-0.1, -0.05) is 62.7 Å². The van der Waals surface area contributed by atoms with E-state index < -0.39 is 5.91 Å². The van der Waals surface area contributed by atoms with Gasteiger partial charge in [0.15, 0.2) is 0 Å². The Balaban J connectivity index is -0.000000300. The molecule has 0 bridgehead atoms. The fourth-order valence-electron chi connectivity index (χ4n) is 0.965. The van der Waals surface area contributed by atoms with Crippen LogP contribution in [0.1, 0.15) is 26.3 Å². The third-order valence-electron chi connectivity index (χ3n) is 2.44. The summed E-state index contributed by atoms with van der Waals surface area (Å²) in [5, 5.41) is 0. The molecular formula is C22H31NO5. The van der Waals surface area contributed by atoms with E-state index in [1.165, 1.54) is 12.7 Å². The maximum Gasteiger partial charge on any atom is 0.332 e. The van der Waals surface area contributed by atoms with E-state index in [0.717, 1.165) is 6.08 Å². The maximum absolute atomic E-state index is 10.2. The number of hydrogen-bond acceptors (Lipinski definition) is 5. The second-order valence-electron chi connectivity index (χ2n) is 4.99. The van der Waals surface area contributed by atoms with Crippen LogP contribution in [0.2, 0.25) is 0 Å². The average Bonchev–Trinajstić information content (AvgIpc) is 2.69. The molecule has 0 radical (unpaired) electrons. The Morgan fingerprint density at radius 3 is 1.64 bits per heavy atom. The van der Waals surface area contributed by atoms with E-state index in [2.05, 4.69) is 35.8 Å². The van der Waals surface area contributed by atoms with Crippen molar-refractivity contribution in [3.05, 3.63) is 79.4 Å². The Morgan fingerprint density at radius 1 is 1.04 bits per heavy atom. The maximum atomic E-state index is 10.2. The molecule has 2 N–H and O–H groups in total. The number of hydrogen-bond donors (Lipinski definition) is 1. The van der Waals surface area contributed by atoms with Crippen molar-refractivity contribution in [2.45, 2.75) is 20.8 Å². The van der Waals surface area contributed by atoms with Crippen molar-refractivity contribution >= 4 is 23.9 Å². The molecule has 6 nitrogen and oxygen atoms in total. The lowest BCUT2D eigenvalue weighted by molar-refractivity contribution is -0.137. The first-order valence-electron chi connectivity index (χ1n) is 8.22. The van der Waals surface area contributed by atoms with Gasteiger partial charge in [0.25, 0.3) is 0 Å². The third kappa shape index (κ3) is 22.6. The monoisotopic (exact) mass is 389 g/mol. The number of esters is 2. The molecule has 0 spiro atoms. The number of methoxy groups -OCH3 is 1. The van der Waals surface area contributed by atoms with Gasteiger partial charge < -0.3 is 15.2 Å². The van der Waals surface area contributed by atoms with Gasteiger partial charge in [-0.2, -0.15) is 0 Å². The van der Waals surface area contributed by atoms with Crippen LogP contribution in [-0.2, 0) is 23.9 Å². The van der Waals surface area contributed by atoms with E-state index >= 15 is 0 Å². The Kier molecular flexibility index (Phi) is 20.9. The molecule has 0 aliphatic heterocycles. The first-order chi connectivity index (χ1) is 13.1. The van der Waals surface area contributed by atoms with Crippen LogP contribution in [0.3, 0.4) is 0 Å². The highest BCUT2D eigenvalue weighted by Crippen LogP contribution is 1.97. The van der Waals surface area contributed by atoms with Crippen LogP contribution < -0.4 is 5.73 Å². The summed E-state index contributed by atoms with van der Waals surface area (Å²) in [4.78, 5) is 30.1. The molecule has 1 aromatic rings. The van der Waals surface area contributed by atoms with Gasteiger partial charge in [0.1, 0.15) is 0 Å². The molecule has 0 saturated carbocycles. The minimum absolute atomic E-state index is 0.347. The molecule has 1 aromatic carbocycles. The van der Waals surface area contributed by atoms with Crippen LogP contribution >= 0.6 is 0 Å². The van der Waals surface area contributed by atoms with E-state index in [9.17, 15) is 14.4 Å². The van der Waals surface area contributed by atoms with Crippen LogP contribution in [0, 0.1) is 0 Å². The number of carbonyl (C=O) groups excluding carboxylic acids is 3. The minimum atomic E-state index is -0.435. The lowest BCUT2D eigenvalue weighted by atomic mass is 10.2. The first-order valence-corrected chi connectivity index (χ1v) is 8.22. The molecule has 0 saturated heterocycles. The fraction of sp³-hybridized carbons (Fsp3) is 0.227. The Morgan fingerprint density at radius 2 is 1.50 bits per heavy atom. The highest BCUT2D eigenvalue weighted by atomic mass is 16.5. The van der Waals surface area contributed by atoms with E-state index in [-0.39, 0.29) is 11.9 Å². The van der Waals surface area contributed by atoms with E-state index in [1.54, 1.807) is 20.8 Å². The van der Waals surface area contributed by atoms with Crippen LogP contribution in [0.5, 0.6) is 0 Å². The fourth-order valence-corrected chi connectivity index (χ4v) is 0.965. The van der Waals surface area contributed by atoms with Gasteiger partial charge in [0, 0.05) is 17.2 Å². The first kappa shape index (κ1) is 29.4. The zero-order valence-electron chi connectivity index (χ0n) is 17.2. The van der Waals surface area contributed by atoms with Gasteiger partial charge in [-0.15, -0.1) is 0 Å². The van der Waals surface area contributed by atoms with E-state index in [0.29, 0.717) is 17.8 Å². The number of carbonyl (C=O) groups is 3. The van der Waals surface area contributed by atoms with Crippen molar-refractivity contribution in [1.82, 2.24) is 0 Å². The van der Waals surface area contributed by atoms with E-state index in [4.69, 9.17) is 5.73 Å². The molecule has 0 aromatic heterocycles. The molecule has 154 valence electrons. The lowest BCUT2D eigenvalue weighted by Crippen LogP contribution is -2.10.